The predicted molar refractivity (Wildman–Crippen MR) is 120 cm³/mol. The number of hydrogen-bond acceptors (Lipinski definition) is 6. The maximum absolute atomic E-state index is 12.8. The van der Waals surface area contributed by atoms with Gasteiger partial charge < -0.3 is 5.32 Å². The molecule has 1 amide bonds. The van der Waals surface area contributed by atoms with Crippen LogP contribution in [0.2, 0.25) is 0 Å². The Balaban J connectivity index is 1.35. The van der Waals surface area contributed by atoms with Crippen molar-refractivity contribution in [1.29, 1.82) is 0 Å². The van der Waals surface area contributed by atoms with Crippen LogP contribution in [0.25, 0.3) is 11.0 Å². The highest BCUT2D eigenvalue weighted by Gasteiger charge is 2.11. The standard InChI is InChI=1S/C22H22N6O2S/c1-16-2-4-17(5-3-16)13-27-15-25-21-19(22(27)30)12-26-28(21)11-10-24-20(29)14-31-18-6-8-23-9-7-18/h2-9,12,15H,10-11,13-14H2,1H3,(H,24,29). The molecule has 4 aromatic rings. The molecule has 9 heteroatoms. The van der Waals surface area contributed by atoms with Crippen LogP contribution in [0.3, 0.4) is 0 Å². The zero-order valence-electron chi connectivity index (χ0n) is 17.1. The van der Waals surface area contributed by atoms with Crippen molar-refractivity contribution in [2.24, 2.45) is 0 Å². The van der Waals surface area contributed by atoms with Gasteiger partial charge in [-0.05, 0) is 24.6 Å². The predicted octanol–water partition coefficient (Wildman–Crippen LogP) is 2.25. The minimum Gasteiger partial charge on any atom is -0.354 e. The van der Waals surface area contributed by atoms with Crippen LogP contribution in [-0.2, 0) is 17.9 Å². The quantitative estimate of drug-likeness (QED) is 0.428. The number of rotatable bonds is 8. The molecule has 0 radical (unpaired) electrons. The zero-order valence-corrected chi connectivity index (χ0v) is 17.9. The fraction of sp³-hybridized carbons (Fsp3) is 0.227. The van der Waals surface area contributed by atoms with E-state index in [2.05, 4.69) is 20.4 Å². The second-order valence-corrected chi connectivity index (χ2v) is 8.14. The maximum Gasteiger partial charge on any atom is 0.264 e. The van der Waals surface area contributed by atoms with Crippen LogP contribution in [0.15, 0.2) is 71.0 Å². The summed E-state index contributed by atoms with van der Waals surface area (Å²) in [7, 11) is 0. The Kier molecular flexibility index (Phi) is 6.42. The monoisotopic (exact) mass is 434 g/mol. The third kappa shape index (κ3) is 5.18. The number of carbonyl (C=O) groups excluding carboxylic acids is 1. The van der Waals surface area contributed by atoms with E-state index in [9.17, 15) is 9.59 Å². The molecule has 0 spiro atoms. The normalized spacial score (nSPS) is 11.0. The number of aryl methyl sites for hydroxylation is 1. The smallest absolute Gasteiger partial charge is 0.264 e. The summed E-state index contributed by atoms with van der Waals surface area (Å²) < 4.78 is 3.22. The van der Waals surface area contributed by atoms with Gasteiger partial charge in [0.25, 0.3) is 5.56 Å². The molecular formula is C22H22N6O2S. The van der Waals surface area contributed by atoms with Gasteiger partial charge in [-0.3, -0.25) is 19.1 Å². The molecule has 1 N–H and O–H groups in total. The number of thioether (sulfide) groups is 1. The van der Waals surface area contributed by atoms with E-state index in [0.717, 1.165) is 10.5 Å². The Bertz CT molecular complexity index is 1230. The molecule has 0 saturated heterocycles. The second-order valence-electron chi connectivity index (χ2n) is 7.09. The molecule has 0 bridgehead atoms. The van der Waals surface area contributed by atoms with Crippen molar-refractivity contribution >= 4 is 28.7 Å². The lowest BCUT2D eigenvalue weighted by Gasteiger charge is -2.08. The third-order valence-corrected chi connectivity index (χ3v) is 5.77. The number of hydrogen-bond donors (Lipinski definition) is 1. The molecule has 0 aliphatic heterocycles. The molecule has 0 saturated carbocycles. The van der Waals surface area contributed by atoms with Crippen LogP contribution in [0.1, 0.15) is 11.1 Å². The first-order chi connectivity index (χ1) is 15.1. The molecule has 1 aromatic carbocycles. The summed E-state index contributed by atoms with van der Waals surface area (Å²) in [5, 5.41) is 7.62. The molecule has 3 heterocycles. The van der Waals surface area contributed by atoms with Gasteiger partial charge in [0.2, 0.25) is 5.91 Å². The largest absolute Gasteiger partial charge is 0.354 e. The first kappa shape index (κ1) is 20.8. The summed E-state index contributed by atoms with van der Waals surface area (Å²) in [5.74, 6) is 0.262. The summed E-state index contributed by atoms with van der Waals surface area (Å²) >= 11 is 1.45. The molecule has 0 atom stereocenters. The fourth-order valence-corrected chi connectivity index (χ4v) is 3.81. The Hall–Kier alpha value is -3.46. The summed E-state index contributed by atoms with van der Waals surface area (Å²) in [6, 6.07) is 11.8. The van der Waals surface area contributed by atoms with E-state index in [1.807, 2.05) is 43.3 Å². The Morgan fingerprint density at radius 1 is 1.13 bits per heavy atom. The van der Waals surface area contributed by atoms with E-state index in [1.54, 1.807) is 28.0 Å². The van der Waals surface area contributed by atoms with Gasteiger partial charge in [0, 0.05) is 23.8 Å². The van der Waals surface area contributed by atoms with Crippen molar-refractivity contribution in [3.8, 4) is 0 Å². The average molecular weight is 435 g/mol. The van der Waals surface area contributed by atoms with E-state index in [1.165, 1.54) is 23.5 Å². The van der Waals surface area contributed by atoms with Gasteiger partial charge in [-0.1, -0.05) is 29.8 Å². The third-order valence-electron chi connectivity index (χ3n) is 4.76. The van der Waals surface area contributed by atoms with Gasteiger partial charge in [0.05, 0.1) is 25.0 Å². The molecule has 0 fully saturated rings. The second kappa shape index (κ2) is 9.57. The van der Waals surface area contributed by atoms with Crippen molar-refractivity contribution in [3.63, 3.8) is 0 Å². The number of benzene rings is 1. The topological polar surface area (TPSA) is 94.7 Å². The molecule has 4 rings (SSSR count). The van der Waals surface area contributed by atoms with Crippen molar-refractivity contribution in [2.45, 2.75) is 24.9 Å². The minimum atomic E-state index is -0.130. The lowest BCUT2D eigenvalue weighted by Crippen LogP contribution is -2.29. The number of pyridine rings is 1. The molecule has 0 aliphatic rings. The highest BCUT2D eigenvalue weighted by Crippen LogP contribution is 2.15. The number of aromatic nitrogens is 5. The lowest BCUT2D eigenvalue weighted by atomic mass is 10.1. The van der Waals surface area contributed by atoms with Crippen molar-refractivity contribution in [1.82, 2.24) is 29.6 Å². The first-order valence-corrected chi connectivity index (χ1v) is 10.8. The van der Waals surface area contributed by atoms with E-state index in [0.29, 0.717) is 36.4 Å². The van der Waals surface area contributed by atoms with E-state index >= 15 is 0 Å². The molecule has 0 unspecified atom stereocenters. The number of amides is 1. The van der Waals surface area contributed by atoms with Gasteiger partial charge in [-0.15, -0.1) is 11.8 Å². The molecular weight excluding hydrogens is 412 g/mol. The number of nitrogens with zero attached hydrogens (tertiary/aromatic N) is 5. The van der Waals surface area contributed by atoms with Crippen LogP contribution in [0.4, 0.5) is 0 Å². The van der Waals surface area contributed by atoms with Crippen molar-refractivity contribution in [3.05, 3.63) is 82.8 Å². The van der Waals surface area contributed by atoms with Crippen LogP contribution >= 0.6 is 11.8 Å². The summed E-state index contributed by atoms with van der Waals surface area (Å²) in [5.41, 5.74) is 2.60. The average Bonchev–Trinajstić information content (AvgIpc) is 3.20. The van der Waals surface area contributed by atoms with Gasteiger partial charge >= 0.3 is 0 Å². The van der Waals surface area contributed by atoms with E-state index in [-0.39, 0.29) is 11.5 Å². The van der Waals surface area contributed by atoms with Gasteiger partial charge in [-0.25, -0.2) is 9.67 Å². The molecule has 8 nitrogen and oxygen atoms in total. The summed E-state index contributed by atoms with van der Waals surface area (Å²) in [4.78, 5) is 34.2. The lowest BCUT2D eigenvalue weighted by molar-refractivity contribution is -0.118. The zero-order chi connectivity index (χ0) is 21.6. The van der Waals surface area contributed by atoms with Crippen LogP contribution < -0.4 is 10.9 Å². The fourth-order valence-electron chi connectivity index (χ4n) is 3.10. The van der Waals surface area contributed by atoms with E-state index < -0.39 is 0 Å². The number of fused-ring (bicyclic) bond motifs is 1. The van der Waals surface area contributed by atoms with Crippen LogP contribution in [-0.4, -0.2) is 42.5 Å². The molecule has 158 valence electrons. The van der Waals surface area contributed by atoms with Gasteiger partial charge in [-0.2, -0.15) is 5.10 Å². The highest BCUT2D eigenvalue weighted by molar-refractivity contribution is 8.00. The van der Waals surface area contributed by atoms with Crippen LogP contribution in [0, 0.1) is 6.92 Å². The summed E-state index contributed by atoms with van der Waals surface area (Å²) in [6.45, 7) is 3.32. The van der Waals surface area contributed by atoms with E-state index in [4.69, 9.17) is 0 Å². The van der Waals surface area contributed by atoms with Gasteiger partial charge in [0.1, 0.15) is 11.7 Å². The first-order valence-electron chi connectivity index (χ1n) is 9.86. The van der Waals surface area contributed by atoms with Crippen LogP contribution in [0.5, 0.6) is 0 Å². The number of nitrogens with one attached hydrogen (secondary N) is 1. The Labute approximate surface area is 183 Å². The molecule has 0 aliphatic carbocycles. The Morgan fingerprint density at radius 3 is 2.68 bits per heavy atom. The molecule has 31 heavy (non-hydrogen) atoms. The minimum absolute atomic E-state index is 0.0633. The molecule has 3 aromatic heterocycles. The number of carbonyl (C=O) groups is 1. The SMILES string of the molecule is Cc1ccc(Cn2cnc3c(cnn3CCNC(=O)CSc3ccncc3)c2=O)cc1. The Morgan fingerprint density at radius 2 is 1.90 bits per heavy atom. The summed E-state index contributed by atoms with van der Waals surface area (Å²) in [6.07, 6.45) is 6.49. The maximum atomic E-state index is 12.8. The highest BCUT2D eigenvalue weighted by atomic mass is 32.2. The van der Waals surface area contributed by atoms with Gasteiger partial charge in [0.15, 0.2) is 5.65 Å². The van der Waals surface area contributed by atoms with Crippen molar-refractivity contribution in [2.75, 3.05) is 12.3 Å². The van der Waals surface area contributed by atoms with Crippen molar-refractivity contribution < 1.29 is 4.79 Å².